The topological polar surface area (TPSA) is 123 Å². The highest BCUT2D eigenvalue weighted by Gasteiger charge is 2.28. The lowest BCUT2D eigenvalue weighted by atomic mass is 9.95. The summed E-state index contributed by atoms with van der Waals surface area (Å²) < 4.78 is 12.5. The van der Waals surface area contributed by atoms with Crippen LogP contribution in [-0.4, -0.2) is 27.9 Å². The lowest BCUT2D eigenvalue weighted by molar-refractivity contribution is -0.112. The van der Waals surface area contributed by atoms with Gasteiger partial charge in [0.25, 0.3) is 11.5 Å². The zero-order valence-electron chi connectivity index (χ0n) is 21.1. The van der Waals surface area contributed by atoms with E-state index in [2.05, 4.69) is 10.3 Å². The molecule has 0 saturated carbocycles. The molecule has 0 spiro atoms. The molecule has 1 N–H and O–H groups in total. The Bertz CT molecular complexity index is 1700. The number of pyridine rings is 1. The summed E-state index contributed by atoms with van der Waals surface area (Å²) in [6, 6.07) is 15.7. The second kappa shape index (κ2) is 11.3. The second-order valence-electron chi connectivity index (χ2n) is 8.74. The number of rotatable bonds is 7. The highest BCUT2D eigenvalue weighted by atomic mass is 32.1. The van der Waals surface area contributed by atoms with Crippen molar-refractivity contribution in [2.45, 2.75) is 32.6 Å². The van der Waals surface area contributed by atoms with Gasteiger partial charge in [0.1, 0.15) is 33.6 Å². The van der Waals surface area contributed by atoms with Gasteiger partial charge in [0.15, 0.2) is 0 Å². The number of nitrogens with one attached hydrogen (secondary N) is 1. The Hall–Kier alpha value is -4.75. The number of para-hydroxylation sites is 1. The van der Waals surface area contributed by atoms with Crippen molar-refractivity contribution in [3.8, 4) is 17.7 Å². The van der Waals surface area contributed by atoms with E-state index in [4.69, 9.17) is 9.47 Å². The SMILES string of the molecule is CCOC(=O)c1c(NC(=O)C(C#N)=Cc2c(Oc3ccccc3)nc3ccccn3c2=O)sc2c1CCCC2. The van der Waals surface area contributed by atoms with Gasteiger partial charge in [0.2, 0.25) is 5.88 Å². The Labute approximate surface area is 228 Å². The maximum Gasteiger partial charge on any atom is 0.341 e. The summed E-state index contributed by atoms with van der Waals surface area (Å²) in [5, 5.41) is 13.0. The van der Waals surface area contributed by atoms with Crippen LogP contribution in [0.15, 0.2) is 65.1 Å². The van der Waals surface area contributed by atoms with E-state index in [1.54, 1.807) is 55.6 Å². The number of ether oxygens (including phenoxy) is 2. The van der Waals surface area contributed by atoms with Crippen LogP contribution in [0.3, 0.4) is 0 Å². The smallest absolute Gasteiger partial charge is 0.341 e. The summed E-state index contributed by atoms with van der Waals surface area (Å²) in [4.78, 5) is 45.0. The fourth-order valence-electron chi connectivity index (χ4n) is 4.42. The molecule has 0 aliphatic heterocycles. The van der Waals surface area contributed by atoms with Gasteiger partial charge in [-0.05, 0) is 68.5 Å². The molecule has 1 amide bonds. The highest BCUT2D eigenvalue weighted by Crippen LogP contribution is 2.39. The van der Waals surface area contributed by atoms with E-state index >= 15 is 0 Å². The minimum Gasteiger partial charge on any atom is -0.462 e. The fraction of sp³-hybridized carbons (Fsp3) is 0.207. The van der Waals surface area contributed by atoms with Crippen molar-refractivity contribution in [3.05, 3.63) is 92.2 Å². The molecule has 0 bridgehead atoms. The molecule has 5 rings (SSSR count). The number of thiophene rings is 1. The number of carbonyl (C=O) groups excluding carboxylic acids is 2. The number of aryl methyl sites for hydroxylation is 1. The summed E-state index contributed by atoms with van der Waals surface area (Å²) in [6.45, 7) is 1.92. The number of anilines is 1. The lowest BCUT2D eigenvalue weighted by Gasteiger charge is -2.12. The van der Waals surface area contributed by atoms with Crippen molar-refractivity contribution in [2.24, 2.45) is 0 Å². The van der Waals surface area contributed by atoms with Crippen molar-refractivity contribution in [1.29, 1.82) is 5.26 Å². The van der Waals surface area contributed by atoms with Crippen LogP contribution in [0.2, 0.25) is 0 Å². The van der Waals surface area contributed by atoms with E-state index in [9.17, 15) is 19.6 Å². The van der Waals surface area contributed by atoms with Crippen LogP contribution in [0.4, 0.5) is 5.00 Å². The number of aromatic nitrogens is 2. The average molecular weight is 541 g/mol. The van der Waals surface area contributed by atoms with Gasteiger partial charge in [0.05, 0.1) is 12.2 Å². The van der Waals surface area contributed by atoms with Gasteiger partial charge in [-0.25, -0.2) is 4.79 Å². The van der Waals surface area contributed by atoms with Crippen molar-refractivity contribution >= 4 is 39.9 Å². The number of carbonyl (C=O) groups is 2. The van der Waals surface area contributed by atoms with Gasteiger partial charge in [-0.3, -0.25) is 14.0 Å². The molecule has 196 valence electrons. The molecule has 3 heterocycles. The number of nitriles is 1. The molecule has 0 fully saturated rings. The Morgan fingerprint density at radius 2 is 1.92 bits per heavy atom. The van der Waals surface area contributed by atoms with Crippen LogP contribution in [0.5, 0.6) is 11.6 Å². The van der Waals surface area contributed by atoms with Crippen LogP contribution in [0, 0.1) is 11.3 Å². The van der Waals surface area contributed by atoms with Gasteiger partial charge >= 0.3 is 5.97 Å². The molecule has 1 aliphatic carbocycles. The molecule has 0 unspecified atom stereocenters. The molecule has 3 aromatic heterocycles. The Morgan fingerprint density at radius 1 is 1.15 bits per heavy atom. The third-order valence-electron chi connectivity index (χ3n) is 6.22. The van der Waals surface area contributed by atoms with E-state index in [1.165, 1.54) is 21.8 Å². The zero-order chi connectivity index (χ0) is 27.4. The van der Waals surface area contributed by atoms with Crippen molar-refractivity contribution < 1.29 is 19.1 Å². The van der Waals surface area contributed by atoms with E-state index in [-0.39, 0.29) is 23.6 Å². The molecule has 0 atom stereocenters. The Morgan fingerprint density at radius 3 is 2.69 bits per heavy atom. The molecular weight excluding hydrogens is 516 g/mol. The van der Waals surface area contributed by atoms with Gasteiger partial charge in [-0.2, -0.15) is 10.2 Å². The first-order valence-corrected chi connectivity index (χ1v) is 13.3. The summed E-state index contributed by atoms with van der Waals surface area (Å²) in [5.74, 6) is -0.877. The standard InChI is InChI=1S/C29H24N4O5S/c1-2-37-29(36)24-20-12-6-7-13-22(20)39-27(24)32-25(34)18(17-30)16-21-26(38-19-10-4-3-5-11-19)31-23-14-8-9-15-33(23)28(21)35/h3-5,8-11,14-16H,2,6-7,12-13H2,1H3,(H,32,34). The zero-order valence-corrected chi connectivity index (χ0v) is 21.9. The van der Waals surface area contributed by atoms with Gasteiger partial charge < -0.3 is 14.8 Å². The summed E-state index contributed by atoms with van der Waals surface area (Å²) in [5.41, 5.74) is 0.651. The third kappa shape index (κ3) is 5.30. The second-order valence-corrected chi connectivity index (χ2v) is 9.84. The van der Waals surface area contributed by atoms with Crippen LogP contribution < -0.4 is 15.6 Å². The predicted octanol–water partition coefficient (Wildman–Crippen LogP) is 5.15. The van der Waals surface area contributed by atoms with Crippen molar-refractivity contribution in [3.63, 3.8) is 0 Å². The summed E-state index contributed by atoms with van der Waals surface area (Å²) in [6.07, 6.45) is 6.17. The minimum absolute atomic E-state index is 0.0447. The number of hydrogen-bond donors (Lipinski definition) is 1. The first kappa shape index (κ1) is 25.9. The van der Waals surface area contributed by atoms with E-state index in [1.807, 2.05) is 12.1 Å². The molecule has 39 heavy (non-hydrogen) atoms. The first-order chi connectivity index (χ1) is 19.0. The van der Waals surface area contributed by atoms with Crippen LogP contribution in [0.1, 0.15) is 46.1 Å². The van der Waals surface area contributed by atoms with Gasteiger partial charge in [0, 0.05) is 11.1 Å². The first-order valence-electron chi connectivity index (χ1n) is 12.5. The van der Waals surface area contributed by atoms with E-state index in [0.717, 1.165) is 36.1 Å². The Balaban J connectivity index is 1.56. The van der Waals surface area contributed by atoms with Crippen LogP contribution >= 0.6 is 11.3 Å². The van der Waals surface area contributed by atoms with Gasteiger partial charge in [-0.15, -0.1) is 11.3 Å². The van der Waals surface area contributed by atoms with Crippen molar-refractivity contribution in [2.75, 3.05) is 11.9 Å². The van der Waals surface area contributed by atoms with Crippen molar-refractivity contribution in [1.82, 2.24) is 9.38 Å². The molecule has 1 aromatic carbocycles. The molecule has 9 nitrogen and oxygen atoms in total. The largest absolute Gasteiger partial charge is 0.462 e. The monoisotopic (exact) mass is 540 g/mol. The van der Waals surface area contributed by atoms with Crippen LogP contribution in [-0.2, 0) is 22.4 Å². The lowest BCUT2D eigenvalue weighted by Crippen LogP contribution is -2.20. The minimum atomic E-state index is -0.759. The summed E-state index contributed by atoms with van der Waals surface area (Å²) >= 11 is 1.32. The molecule has 4 aromatic rings. The number of hydrogen-bond acceptors (Lipinski definition) is 8. The normalized spacial score (nSPS) is 12.9. The molecule has 10 heteroatoms. The summed E-state index contributed by atoms with van der Waals surface area (Å²) in [7, 11) is 0. The maximum absolute atomic E-state index is 13.4. The number of fused-ring (bicyclic) bond motifs is 2. The molecule has 0 radical (unpaired) electrons. The molecular formula is C29H24N4O5S. The highest BCUT2D eigenvalue weighted by molar-refractivity contribution is 7.17. The predicted molar refractivity (Wildman–Crippen MR) is 147 cm³/mol. The van der Waals surface area contributed by atoms with E-state index < -0.39 is 17.4 Å². The third-order valence-corrected chi connectivity index (χ3v) is 7.43. The van der Waals surface area contributed by atoms with E-state index in [0.29, 0.717) is 22.0 Å². The molecule has 0 saturated heterocycles. The quantitative estimate of drug-likeness (QED) is 0.195. The maximum atomic E-state index is 13.4. The number of amides is 1. The average Bonchev–Trinajstić information content (AvgIpc) is 3.31. The molecule has 1 aliphatic rings. The Kier molecular flexibility index (Phi) is 7.52. The fourth-order valence-corrected chi connectivity index (χ4v) is 5.69. The van der Waals surface area contributed by atoms with Gasteiger partial charge in [-0.1, -0.05) is 24.3 Å². The number of benzene rings is 1. The number of nitrogens with zero attached hydrogens (tertiary/aromatic N) is 3. The van der Waals surface area contributed by atoms with Crippen LogP contribution in [0.25, 0.3) is 11.7 Å². The number of esters is 1.